The van der Waals surface area contributed by atoms with Gasteiger partial charge < -0.3 is 0 Å². The van der Waals surface area contributed by atoms with Crippen LogP contribution < -0.4 is 0 Å². The van der Waals surface area contributed by atoms with Crippen LogP contribution in [0.25, 0.3) is 0 Å². The van der Waals surface area contributed by atoms with Crippen LogP contribution in [0.4, 0.5) is 0 Å². The molecule has 0 N–H and O–H groups in total. The van der Waals surface area contributed by atoms with Crippen molar-refractivity contribution in [2.75, 3.05) is 13.1 Å². The van der Waals surface area contributed by atoms with Gasteiger partial charge in [0.1, 0.15) is 0 Å². The van der Waals surface area contributed by atoms with Crippen molar-refractivity contribution < 1.29 is 0 Å². The summed E-state index contributed by atoms with van der Waals surface area (Å²) < 4.78 is 0. The van der Waals surface area contributed by atoms with Crippen LogP contribution in [0.3, 0.4) is 0 Å². The zero-order valence-corrected chi connectivity index (χ0v) is 13.8. The molecule has 2 aliphatic rings. The average molecular weight is 261 g/mol. The molecule has 0 aromatic heterocycles. The minimum atomic E-state index is 0.165. The molecule has 1 spiro atoms. The fraction of sp³-hybridized carbons (Fsp3) is 0.889. The molecule has 2 fully saturated rings. The number of hydrogen-bond donors (Lipinski definition) is 0. The van der Waals surface area contributed by atoms with Crippen molar-refractivity contribution in [3.05, 3.63) is 0 Å². The lowest BCUT2D eigenvalue weighted by molar-refractivity contribution is -0.0204. The van der Waals surface area contributed by atoms with Gasteiger partial charge in [-0.1, -0.05) is 11.8 Å². The Hall–Kier alpha value is -0.480. The van der Waals surface area contributed by atoms with E-state index in [0.29, 0.717) is 16.9 Å². The zero-order chi connectivity index (χ0) is 14.3. The molecule has 0 aromatic rings. The Morgan fingerprint density at radius 2 is 1.47 bits per heavy atom. The molecule has 1 saturated heterocycles. The predicted molar refractivity (Wildman–Crippen MR) is 82.9 cm³/mol. The fourth-order valence-electron chi connectivity index (χ4n) is 3.47. The van der Waals surface area contributed by atoms with E-state index in [9.17, 15) is 0 Å². The van der Waals surface area contributed by atoms with Gasteiger partial charge in [0.2, 0.25) is 0 Å². The van der Waals surface area contributed by atoms with Crippen LogP contribution in [0, 0.1) is 28.6 Å². The van der Waals surface area contributed by atoms with Gasteiger partial charge in [0, 0.05) is 16.9 Å². The van der Waals surface area contributed by atoms with E-state index >= 15 is 0 Å². The molecule has 1 heteroatoms. The molecular weight excluding hydrogens is 230 g/mol. The molecule has 0 atom stereocenters. The van der Waals surface area contributed by atoms with E-state index in [-0.39, 0.29) is 5.41 Å². The third-order valence-corrected chi connectivity index (χ3v) is 4.78. The minimum Gasteiger partial charge on any atom is -0.298 e. The number of nitrogens with zero attached hydrogens (tertiary/aromatic N) is 1. The molecule has 1 saturated carbocycles. The molecule has 0 unspecified atom stereocenters. The minimum absolute atomic E-state index is 0.165. The van der Waals surface area contributed by atoms with Crippen molar-refractivity contribution in [3.63, 3.8) is 0 Å². The van der Waals surface area contributed by atoms with Crippen LogP contribution in [0.2, 0.25) is 0 Å². The molecule has 0 amide bonds. The second kappa shape index (κ2) is 4.81. The van der Waals surface area contributed by atoms with E-state index in [1.54, 1.807) is 0 Å². The second-order valence-electron chi connectivity index (χ2n) is 8.78. The molecule has 1 aliphatic carbocycles. The number of hydrogen-bond acceptors (Lipinski definition) is 1. The summed E-state index contributed by atoms with van der Waals surface area (Å²) >= 11 is 0. The molecule has 1 nitrogen and oxygen atoms in total. The highest BCUT2D eigenvalue weighted by molar-refractivity contribution is 5.16. The first-order chi connectivity index (χ1) is 8.60. The van der Waals surface area contributed by atoms with Gasteiger partial charge in [0.25, 0.3) is 0 Å². The quantitative estimate of drug-likeness (QED) is 0.587. The van der Waals surface area contributed by atoms with Gasteiger partial charge in [0.15, 0.2) is 0 Å². The second-order valence-corrected chi connectivity index (χ2v) is 8.78. The summed E-state index contributed by atoms with van der Waals surface area (Å²) in [6.45, 7) is 16.2. The van der Waals surface area contributed by atoms with Gasteiger partial charge in [-0.05, 0) is 85.7 Å². The van der Waals surface area contributed by atoms with E-state index in [2.05, 4.69) is 58.3 Å². The summed E-state index contributed by atoms with van der Waals surface area (Å²) in [6, 6.07) is 0. The molecule has 0 aromatic carbocycles. The summed E-state index contributed by atoms with van der Waals surface area (Å²) in [7, 11) is 0. The van der Waals surface area contributed by atoms with Crippen LogP contribution in [0.5, 0.6) is 0 Å². The van der Waals surface area contributed by atoms with Gasteiger partial charge in [-0.2, -0.15) is 0 Å². The molecule has 0 radical (unpaired) electrons. The molecule has 1 heterocycles. The Morgan fingerprint density at radius 3 is 1.89 bits per heavy atom. The van der Waals surface area contributed by atoms with Gasteiger partial charge in [-0.15, -0.1) is 0 Å². The summed E-state index contributed by atoms with van der Waals surface area (Å²) in [6.07, 6.45) is 5.48. The van der Waals surface area contributed by atoms with Crippen molar-refractivity contribution in [3.8, 4) is 11.8 Å². The van der Waals surface area contributed by atoms with Crippen molar-refractivity contribution in [1.29, 1.82) is 0 Å². The molecule has 19 heavy (non-hydrogen) atoms. The highest BCUT2D eigenvalue weighted by atomic mass is 15.2. The van der Waals surface area contributed by atoms with Gasteiger partial charge in [-0.25, -0.2) is 0 Å². The van der Waals surface area contributed by atoms with Crippen LogP contribution in [-0.2, 0) is 0 Å². The summed E-state index contributed by atoms with van der Waals surface area (Å²) in [5.74, 6) is 7.61. The smallest absolute Gasteiger partial charge is 0.0230 e. The number of rotatable bonds is 0. The van der Waals surface area contributed by atoms with Crippen LogP contribution >= 0.6 is 0 Å². The molecule has 1 aliphatic heterocycles. The lowest BCUT2D eigenvalue weighted by Gasteiger charge is -2.53. The standard InChI is InChI=1S/C18H31N/c1-16(2,3)8-7-15-13-18(14-15)9-11-19(12-10-18)17(4,5)6/h15H,9-14H2,1-6H3. The van der Waals surface area contributed by atoms with Gasteiger partial charge in [-0.3, -0.25) is 4.90 Å². The highest BCUT2D eigenvalue weighted by Crippen LogP contribution is 2.52. The third-order valence-electron chi connectivity index (χ3n) is 4.78. The first-order valence-electron chi connectivity index (χ1n) is 7.88. The largest absolute Gasteiger partial charge is 0.298 e. The van der Waals surface area contributed by atoms with E-state index in [1.165, 1.54) is 38.8 Å². The monoisotopic (exact) mass is 261 g/mol. The molecular formula is C18H31N. The SMILES string of the molecule is CC(C)(C)C#CC1CC2(CCN(C(C)(C)C)CC2)C1. The Morgan fingerprint density at radius 1 is 0.947 bits per heavy atom. The lowest BCUT2D eigenvalue weighted by Crippen LogP contribution is -2.52. The van der Waals surface area contributed by atoms with Crippen LogP contribution in [0.1, 0.15) is 67.2 Å². The maximum Gasteiger partial charge on any atom is 0.0230 e. The third kappa shape index (κ3) is 3.76. The Balaban J connectivity index is 1.83. The van der Waals surface area contributed by atoms with E-state index in [0.717, 1.165) is 0 Å². The predicted octanol–water partition coefficient (Wildman–Crippen LogP) is 4.33. The summed E-state index contributed by atoms with van der Waals surface area (Å²) in [4.78, 5) is 2.65. The van der Waals surface area contributed by atoms with Crippen molar-refractivity contribution >= 4 is 0 Å². The Labute approximate surface area is 120 Å². The lowest BCUT2D eigenvalue weighted by atomic mass is 9.57. The molecule has 2 rings (SSSR count). The average Bonchev–Trinajstić information content (AvgIpc) is 2.21. The summed E-state index contributed by atoms with van der Waals surface area (Å²) in [5, 5.41) is 0. The Bertz CT molecular complexity index is 367. The first-order valence-corrected chi connectivity index (χ1v) is 7.88. The molecule has 0 bridgehead atoms. The zero-order valence-electron chi connectivity index (χ0n) is 13.8. The van der Waals surface area contributed by atoms with Gasteiger partial charge >= 0.3 is 0 Å². The Kier molecular flexibility index (Phi) is 3.78. The van der Waals surface area contributed by atoms with E-state index < -0.39 is 0 Å². The number of likely N-dealkylation sites (tertiary alicyclic amines) is 1. The molecule has 108 valence electrons. The van der Waals surface area contributed by atoms with Crippen molar-refractivity contribution in [2.45, 2.75) is 72.8 Å². The maximum atomic E-state index is 3.51. The van der Waals surface area contributed by atoms with Crippen LogP contribution in [0.15, 0.2) is 0 Å². The number of piperidine rings is 1. The van der Waals surface area contributed by atoms with E-state index in [4.69, 9.17) is 0 Å². The van der Waals surface area contributed by atoms with E-state index in [1.807, 2.05) is 0 Å². The first kappa shape index (κ1) is 14.9. The van der Waals surface area contributed by atoms with Crippen molar-refractivity contribution in [1.82, 2.24) is 4.90 Å². The maximum absolute atomic E-state index is 3.51. The fourth-order valence-corrected chi connectivity index (χ4v) is 3.47. The van der Waals surface area contributed by atoms with Crippen molar-refractivity contribution in [2.24, 2.45) is 16.7 Å². The summed E-state index contributed by atoms with van der Waals surface area (Å²) in [5.41, 5.74) is 1.16. The normalized spacial score (nSPS) is 24.7. The topological polar surface area (TPSA) is 3.24 Å². The van der Waals surface area contributed by atoms with Gasteiger partial charge in [0.05, 0.1) is 0 Å². The highest BCUT2D eigenvalue weighted by Gasteiger charge is 2.46. The van der Waals surface area contributed by atoms with Crippen LogP contribution in [-0.4, -0.2) is 23.5 Å².